The lowest BCUT2D eigenvalue weighted by molar-refractivity contribution is -0.117. The summed E-state index contributed by atoms with van der Waals surface area (Å²) in [4.78, 5) is 23.5. The van der Waals surface area contributed by atoms with E-state index in [1.54, 1.807) is 42.4 Å². The third-order valence-electron chi connectivity index (χ3n) is 5.91. The Balaban J connectivity index is 1.43. The van der Waals surface area contributed by atoms with Crippen LogP contribution in [0.2, 0.25) is 0 Å². The zero-order valence-corrected chi connectivity index (χ0v) is 18.5. The quantitative estimate of drug-likeness (QED) is 0.657. The van der Waals surface area contributed by atoms with Gasteiger partial charge in [-0.2, -0.15) is 4.31 Å². The number of carbonyl (C=O) groups excluding carboxylic acids is 1. The summed E-state index contributed by atoms with van der Waals surface area (Å²) in [5.41, 5.74) is 3.83. The highest BCUT2D eigenvalue weighted by Crippen LogP contribution is 2.35. The number of likely N-dealkylation sites (N-methyl/N-ethyl adjacent to an activating group) is 1. The number of carbonyl (C=O) groups is 1. The Morgan fingerprint density at radius 3 is 2.47 bits per heavy atom. The van der Waals surface area contributed by atoms with Gasteiger partial charge in [0.05, 0.1) is 22.7 Å². The van der Waals surface area contributed by atoms with Crippen LogP contribution in [0.5, 0.6) is 0 Å². The molecule has 1 saturated heterocycles. The highest BCUT2D eigenvalue weighted by atomic mass is 32.2. The van der Waals surface area contributed by atoms with Gasteiger partial charge in [-0.1, -0.05) is 18.2 Å². The van der Waals surface area contributed by atoms with Crippen molar-refractivity contribution >= 4 is 33.3 Å². The molecule has 32 heavy (non-hydrogen) atoms. The van der Waals surface area contributed by atoms with Gasteiger partial charge >= 0.3 is 0 Å². The van der Waals surface area contributed by atoms with Gasteiger partial charge in [-0.05, 0) is 43.2 Å². The normalized spacial score (nSPS) is 16.4. The Kier molecular flexibility index (Phi) is 5.15. The van der Waals surface area contributed by atoms with Crippen LogP contribution in [-0.2, 0) is 21.2 Å². The lowest BCUT2D eigenvalue weighted by atomic mass is 10.1. The topological polar surface area (TPSA) is 95.5 Å². The van der Waals surface area contributed by atoms with Crippen molar-refractivity contribution in [2.75, 3.05) is 30.4 Å². The van der Waals surface area contributed by atoms with Gasteiger partial charge in [0, 0.05) is 43.1 Å². The summed E-state index contributed by atoms with van der Waals surface area (Å²) in [7, 11) is -1.69. The summed E-state index contributed by atoms with van der Waals surface area (Å²) in [6.07, 6.45) is 3.70. The molecule has 1 amide bonds. The minimum absolute atomic E-state index is 0.0182. The zero-order chi connectivity index (χ0) is 22.3. The number of hydrogen-bond donors (Lipinski definition) is 1. The number of rotatable bonds is 4. The number of nitrogens with one attached hydrogen (secondary N) is 1. The fourth-order valence-electron chi connectivity index (χ4n) is 4.13. The molecule has 0 saturated carbocycles. The van der Waals surface area contributed by atoms with Crippen molar-refractivity contribution in [1.29, 1.82) is 0 Å². The van der Waals surface area contributed by atoms with Crippen LogP contribution >= 0.6 is 0 Å². The second-order valence-corrected chi connectivity index (χ2v) is 9.91. The molecule has 0 atom stereocenters. The average molecular weight is 450 g/mol. The molecule has 3 heterocycles. The van der Waals surface area contributed by atoms with Crippen LogP contribution in [-0.4, -0.2) is 48.7 Å². The molecule has 8 nitrogen and oxygen atoms in total. The molecule has 0 spiro atoms. The van der Waals surface area contributed by atoms with Gasteiger partial charge in [-0.3, -0.25) is 4.79 Å². The SMILES string of the molecule is CN1C(=O)Cc2cnc(Nc3ccc(S(=O)(=O)N4CCCC4)cc3)nc2-c2ccccc21. The molecular formula is C23H23N5O3S. The Labute approximate surface area is 187 Å². The number of sulfonamides is 1. The molecular weight excluding hydrogens is 426 g/mol. The number of fused-ring (bicyclic) bond motifs is 3. The molecule has 2 aliphatic heterocycles. The van der Waals surface area contributed by atoms with Crippen LogP contribution in [0.15, 0.2) is 59.6 Å². The Morgan fingerprint density at radius 2 is 1.72 bits per heavy atom. The number of benzene rings is 2. The van der Waals surface area contributed by atoms with E-state index >= 15 is 0 Å². The number of amides is 1. The van der Waals surface area contributed by atoms with Gasteiger partial charge in [0.1, 0.15) is 0 Å². The van der Waals surface area contributed by atoms with E-state index < -0.39 is 10.0 Å². The largest absolute Gasteiger partial charge is 0.324 e. The van der Waals surface area contributed by atoms with Crippen LogP contribution < -0.4 is 10.2 Å². The van der Waals surface area contributed by atoms with Gasteiger partial charge in [0.15, 0.2) is 0 Å². The molecule has 1 fully saturated rings. The zero-order valence-electron chi connectivity index (χ0n) is 17.7. The number of aromatic nitrogens is 2. The van der Waals surface area contributed by atoms with Crippen LogP contribution in [0.1, 0.15) is 18.4 Å². The summed E-state index contributed by atoms with van der Waals surface area (Å²) in [6, 6.07) is 14.3. The van der Waals surface area contributed by atoms with Crippen molar-refractivity contribution in [2.45, 2.75) is 24.2 Å². The fraction of sp³-hybridized carbons (Fsp3) is 0.261. The van der Waals surface area contributed by atoms with Crippen LogP contribution in [0.3, 0.4) is 0 Å². The van der Waals surface area contributed by atoms with Crippen LogP contribution in [0, 0.1) is 0 Å². The molecule has 5 rings (SSSR count). The monoisotopic (exact) mass is 449 g/mol. The van der Waals surface area contributed by atoms with Gasteiger partial charge in [0.25, 0.3) is 0 Å². The molecule has 3 aromatic rings. The molecule has 0 bridgehead atoms. The van der Waals surface area contributed by atoms with Crippen molar-refractivity contribution < 1.29 is 13.2 Å². The van der Waals surface area contributed by atoms with Crippen molar-refractivity contribution in [3.8, 4) is 11.3 Å². The first-order valence-electron chi connectivity index (χ1n) is 10.5. The van der Waals surface area contributed by atoms with E-state index in [1.165, 1.54) is 4.31 Å². The molecule has 9 heteroatoms. The third-order valence-corrected chi connectivity index (χ3v) is 7.83. The van der Waals surface area contributed by atoms with E-state index in [2.05, 4.69) is 15.3 Å². The summed E-state index contributed by atoms with van der Waals surface area (Å²) in [6.45, 7) is 1.15. The number of para-hydroxylation sites is 1. The number of hydrogen-bond acceptors (Lipinski definition) is 6. The minimum Gasteiger partial charge on any atom is -0.324 e. The number of anilines is 3. The van der Waals surface area contributed by atoms with E-state index in [1.807, 2.05) is 24.3 Å². The van der Waals surface area contributed by atoms with Gasteiger partial charge < -0.3 is 10.2 Å². The molecule has 0 aliphatic carbocycles. The minimum atomic E-state index is -3.45. The molecule has 0 unspecified atom stereocenters. The Morgan fingerprint density at radius 1 is 1.00 bits per heavy atom. The van der Waals surface area contributed by atoms with Gasteiger partial charge in [0.2, 0.25) is 21.9 Å². The first kappa shape index (κ1) is 20.6. The standard InChI is InChI=1S/C23H23N5O3S/c1-27-20-7-3-2-6-19(20)22-16(14-21(27)29)15-24-23(26-22)25-17-8-10-18(11-9-17)32(30,31)28-12-4-5-13-28/h2-3,6-11,15H,4-5,12-14H2,1H3,(H,24,25,26). The van der Waals surface area contributed by atoms with Gasteiger partial charge in [-0.25, -0.2) is 18.4 Å². The highest BCUT2D eigenvalue weighted by molar-refractivity contribution is 7.89. The first-order valence-corrected chi connectivity index (χ1v) is 12.0. The lowest BCUT2D eigenvalue weighted by Gasteiger charge is -2.17. The number of nitrogens with zero attached hydrogens (tertiary/aromatic N) is 4. The Bertz CT molecular complexity index is 1290. The highest BCUT2D eigenvalue weighted by Gasteiger charge is 2.27. The summed E-state index contributed by atoms with van der Waals surface area (Å²) in [5, 5.41) is 3.15. The second-order valence-electron chi connectivity index (χ2n) is 7.97. The van der Waals surface area contributed by atoms with Crippen molar-refractivity contribution in [3.05, 3.63) is 60.3 Å². The van der Waals surface area contributed by atoms with E-state index in [0.717, 1.165) is 29.7 Å². The smallest absolute Gasteiger partial charge is 0.243 e. The van der Waals surface area contributed by atoms with Crippen molar-refractivity contribution in [3.63, 3.8) is 0 Å². The molecule has 1 aromatic heterocycles. The maximum absolute atomic E-state index is 12.7. The molecule has 1 N–H and O–H groups in total. The summed E-state index contributed by atoms with van der Waals surface area (Å²) < 4.78 is 27.0. The summed E-state index contributed by atoms with van der Waals surface area (Å²) >= 11 is 0. The second kappa shape index (κ2) is 7.99. The maximum Gasteiger partial charge on any atom is 0.243 e. The first-order chi connectivity index (χ1) is 15.4. The molecule has 2 aromatic carbocycles. The summed E-state index contributed by atoms with van der Waals surface area (Å²) in [5.74, 6) is 0.362. The van der Waals surface area contributed by atoms with Gasteiger partial charge in [-0.15, -0.1) is 0 Å². The third kappa shape index (κ3) is 3.63. The Hall–Kier alpha value is -3.30. The van der Waals surface area contributed by atoms with Crippen molar-refractivity contribution in [1.82, 2.24) is 14.3 Å². The van der Waals surface area contributed by atoms with Crippen molar-refractivity contribution in [2.24, 2.45) is 0 Å². The molecule has 2 aliphatic rings. The van der Waals surface area contributed by atoms with E-state index in [-0.39, 0.29) is 17.2 Å². The van der Waals surface area contributed by atoms with Crippen LogP contribution in [0.4, 0.5) is 17.3 Å². The maximum atomic E-state index is 12.7. The van der Waals surface area contributed by atoms with E-state index in [4.69, 9.17) is 0 Å². The molecule has 0 radical (unpaired) electrons. The predicted molar refractivity (Wildman–Crippen MR) is 122 cm³/mol. The molecule has 164 valence electrons. The van der Waals surface area contributed by atoms with E-state index in [0.29, 0.717) is 30.4 Å². The predicted octanol–water partition coefficient (Wildman–Crippen LogP) is 3.19. The average Bonchev–Trinajstić information content (AvgIpc) is 3.33. The fourth-order valence-corrected chi connectivity index (χ4v) is 5.65. The lowest BCUT2D eigenvalue weighted by Crippen LogP contribution is -2.27. The van der Waals surface area contributed by atoms with Crippen LogP contribution in [0.25, 0.3) is 11.3 Å². The van der Waals surface area contributed by atoms with E-state index in [9.17, 15) is 13.2 Å².